The van der Waals surface area contributed by atoms with Gasteiger partial charge in [0.1, 0.15) is 11.6 Å². The van der Waals surface area contributed by atoms with Gasteiger partial charge < -0.3 is 5.11 Å². The second kappa shape index (κ2) is 5.33. The Labute approximate surface area is 116 Å². The third kappa shape index (κ3) is 2.46. The Hall–Kier alpha value is -1.74. The van der Waals surface area contributed by atoms with Gasteiger partial charge in [-0.3, -0.25) is 0 Å². The van der Waals surface area contributed by atoms with Crippen LogP contribution in [0.15, 0.2) is 42.5 Å². The maximum absolute atomic E-state index is 13.6. The van der Waals surface area contributed by atoms with E-state index < -0.39 is 17.7 Å². The summed E-state index contributed by atoms with van der Waals surface area (Å²) < 4.78 is 26.8. The number of benzene rings is 2. The van der Waals surface area contributed by atoms with Crippen LogP contribution in [0, 0.1) is 11.6 Å². The highest BCUT2D eigenvalue weighted by molar-refractivity contribution is 5.36. The highest BCUT2D eigenvalue weighted by atomic mass is 19.1. The largest absolute Gasteiger partial charge is 0.392 e. The summed E-state index contributed by atoms with van der Waals surface area (Å²) in [5, 5.41) is 10.4. The van der Waals surface area contributed by atoms with Gasteiger partial charge in [-0.05, 0) is 47.7 Å². The Morgan fingerprint density at radius 3 is 2.80 bits per heavy atom. The van der Waals surface area contributed by atoms with E-state index >= 15 is 0 Å². The average molecular weight is 274 g/mol. The van der Waals surface area contributed by atoms with Gasteiger partial charge in [0.05, 0.1) is 6.10 Å². The quantitative estimate of drug-likeness (QED) is 0.906. The molecule has 0 radical (unpaired) electrons. The molecular weight excluding hydrogens is 258 g/mol. The van der Waals surface area contributed by atoms with Crippen LogP contribution in [0.25, 0.3) is 0 Å². The number of hydrogen-bond acceptors (Lipinski definition) is 1. The summed E-state index contributed by atoms with van der Waals surface area (Å²) >= 11 is 0. The first-order valence-corrected chi connectivity index (χ1v) is 6.85. The molecule has 2 atom stereocenters. The number of halogens is 2. The second-order valence-electron chi connectivity index (χ2n) is 5.35. The number of fused-ring (bicyclic) bond motifs is 1. The molecule has 0 fully saturated rings. The zero-order valence-corrected chi connectivity index (χ0v) is 11.0. The van der Waals surface area contributed by atoms with Crippen molar-refractivity contribution in [3.8, 4) is 0 Å². The number of aliphatic hydroxyl groups is 1. The maximum atomic E-state index is 13.6. The fourth-order valence-electron chi connectivity index (χ4n) is 3.06. The lowest BCUT2D eigenvalue weighted by Gasteiger charge is -2.19. The van der Waals surface area contributed by atoms with E-state index in [0.29, 0.717) is 0 Å². The van der Waals surface area contributed by atoms with Crippen molar-refractivity contribution in [2.24, 2.45) is 0 Å². The molecule has 0 aliphatic heterocycles. The molecule has 1 aliphatic rings. The van der Waals surface area contributed by atoms with Crippen molar-refractivity contribution >= 4 is 0 Å². The number of hydrogen-bond donors (Lipinski definition) is 1. The first-order chi connectivity index (χ1) is 9.65. The molecule has 0 bridgehead atoms. The highest BCUT2D eigenvalue weighted by Crippen LogP contribution is 2.36. The van der Waals surface area contributed by atoms with Crippen molar-refractivity contribution in [1.29, 1.82) is 0 Å². The number of aliphatic hydroxyl groups excluding tert-OH is 1. The Bertz CT molecular complexity index is 624. The molecule has 20 heavy (non-hydrogen) atoms. The zero-order valence-electron chi connectivity index (χ0n) is 11.0. The van der Waals surface area contributed by atoms with Crippen LogP contribution in [-0.4, -0.2) is 11.2 Å². The van der Waals surface area contributed by atoms with Crippen molar-refractivity contribution in [1.82, 2.24) is 0 Å². The van der Waals surface area contributed by atoms with Gasteiger partial charge in [0.15, 0.2) is 0 Å². The van der Waals surface area contributed by atoms with Crippen LogP contribution in [0.1, 0.15) is 29.0 Å². The van der Waals surface area contributed by atoms with E-state index in [0.717, 1.165) is 30.5 Å². The van der Waals surface area contributed by atoms with Gasteiger partial charge in [-0.25, -0.2) is 8.78 Å². The van der Waals surface area contributed by atoms with E-state index in [4.69, 9.17) is 0 Å². The van der Waals surface area contributed by atoms with Crippen LogP contribution in [-0.2, 0) is 12.8 Å². The van der Waals surface area contributed by atoms with Crippen molar-refractivity contribution in [2.75, 3.05) is 0 Å². The summed E-state index contributed by atoms with van der Waals surface area (Å²) in [5.74, 6) is -0.925. The van der Waals surface area contributed by atoms with Crippen LogP contribution in [0.2, 0.25) is 0 Å². The summed E-state index contributed by atoms with van der Waals surface area (Å²) in [5.41, 5.74) is 2.62. The van der Waals surface area contributed by atoms with E-state index in [9.17, 15) is 13.9 Å². The third-order valence-electron chi connectivity index (χ3n) is 4.08. The van der Waals surface area contributed by atoms with E-state index in [2.05, 4.69) is 6.07 Å². The fourth-order valence-corrected chi connectivity index (χ4v) is 3.06. The summed E-state index contributed by atoms with van der Waals surface area (Å²) in [6.07, 6.45) is 1.25. The Morgan fingerprint density at radius 1 is 1.15 bits per heavy atom. The van der Waals surface area contributed by atoms with Gasteiger partial charge in [0.25, 0.3) is 0 Å². The zero-order chi connectivity index (χ0) is 14.1. The highest BCUT2D eigenvalue weighted by Gasteiger charge is 2.28. The van der Waals surface area contributed by atoms with E-state index in [-0.39, 0.29) is 17.9 Å². The topological polar surface area (TPSA) is 20.2 Å². The summed E-state index contributed by atoms with van der Waals surface area (Å²) in [7, 11) is 0. The molecule has 2 aromatic carbocycles. The minimum Gasteiger partial charge on any atom is -0.392 e. The Morgan fingerprint density at radius 2 is 1.95 bits per heavy atom. The molecule has 3 heteroatoms. The van der Waals surface area contributed by atoms with Crippen molar-refractivity contribution in [2.45, 2.75) is 31.3 Å². The van der Waals surface area contributed by atoms with E-state index in [1.165, 1.54) is 11.6 Å². The van der Waals surface area contributed by atoms with Gasteiger partial charge in [-0.2, -0.15) is 0 Å². The first-order valence-electron chi connectivity index (χ1n) is 6.85. The molecule has 0 spiro atoms. The van der Waals surface area contributed by atoms with Crippen LogP contribution in [0.3, 0.4) is 0 Å². The molecular formula is C17H16F2O. The molecule has 3 rings (SSSR count). The van der Waals surface area contributed by atoms with Gasteiger partial charge in [-0.15, -0.1) is 0 Å². The van der Waals surface area contributed by atoms with Gasteiger partial charge in [-0.1, -0.05) is 24.3 Å². The smallest absolute Gasteiger partial charge is 0.126 e. The monoisotopic (exact) mass is 274 g/mol. The van der Waals surface area contributed by atoms with Gasteiger partial charge in [0.2, 0.25) is 0 Å². The van der Waals surface area contributed by atoms with Gasteiger partial charge >= 0.3 is 0 Å². The minimum atomic E-state index is -0.685. The summed E-state index contributed by atoms with van der Waals surface area (Å²) in [6, 6.07) is 11.4. The molecule has 1 aliphatic carbocycles. The molecule has 0 saturated heterocycles. The maximum Gasteiger partial charge on any atom is 0.126 e. The normalized spacial score (nSPS) is 18.9. The van der Waals surface area contributed by atoms with Crippen LogP contribution in [0.4, 0.5) is 8.78 Å². The molecule has 0 amide bonds. The van der Waals surface area contributed by atoms with Crippen molar-refractivity contribution < 1.29 is 13.9 Å². The molecule has 1 N–H and O–H groups in total. The van der Waals surface area contributed by atoms with E-state index in [1.54, 1.807) is 0 Å². The lowest BCUT2D eigenvalue weighted by Crippen LogP contribution is -2.20. The lowest BCUT2D eigenvalue weighted by atomic mass is 9.91. The standard InChI is InChI=1S/C17H16F2O/c18-13-6-8-16(19)12(9-13)10-17(20)15-7-5-11-3-1-2-4-14(11)15/h1-4,6,8-9,15,17,20H,5,7,10H2. The number of rotatable bonds is 3. The third-order valence-corrected chi connectivity index (χ3v) is 4.08. The predicted molar refractivity (Wildman–Crippen MR) is 73.6 cm³/mol. The molecule has 1 nitrogen and oxygen atoms in total. The molecule has 0 heterocycles. The molecule has 0 aromatic heterocycles. The first kappa shape index (κ1) is 13.3. The SMILES string of the molecule is OC(Cc1cc(F)ccc1F)C1CCc2ccccc21. The summed E-state index contributed by atoms with van der Waals surface area (Å²) in [6.45, 7) is 0. The predicted octanol–water partition coefficient (Wildman–Crippen LogP) is 3.60. The fraction of sp³-hybridized carbons (Fsp3) is 0.294. The number of aryl methyl sites for hydroxylation is 1. The lowest BCUT2D eigenvalue weighted by molar-refractivity contribution is 0.142. The van der Waals surface area contributed by atoms with Crippen LogP contribution in [0.5, 0.6) is 0 Å². The molecule has 104 valence electrons. The molecule has 2 unspecified atom stereocenters. The second-order valence-corrected chi connectivity index (χ2v) is 5.35. The van der Waals surface area contributed by atoms with Crippen molar-refractivity contribution in [3.63, 3.8) is 0 Å². The van der Waals surface area contributed by atoms with Crippen molar-refractivity contribution in [3.05, 3.63) is 70.8 Å². The molecule has 0 saturated carbocycles. The molecule has 2 aromatic rings. The Balaban J connectivity index is 1.81. The van der Waals surface area contributed by atoms with Crippen LogP contribution < -0.4 is 0 Å². The minimum absolute atomic E-state index is 0.00821. The summed E-state index contributed by atoms with van der Waals surface area (Å²) in [4.78, 5) is 0. The van der Waals surface area contributed by atoms with Crippen LogP contribution >= 0.6 is 0 Å². The van der Waals surface area contributed by atoms with E-state index in [1.807, 2.05) is 18.2 Å². The van der Waals surface area contributed by atoms with Gasteiger partial charge in [0, 0.05) is 12.3 Å². The average Bonchev–Trinajstić information content (AvgIpc) is 2.87. The Kier molecular flexibility index (Phi) is 3.53.